The van der Waals surface area contributed by atoms with Crippen LogP contribution in [0.4, 0.5) is 0 Å². The molecule has 1 aromatic carbocycles. The van der Waals surface area contributed by atoms with Gasteiger partial charge in [-0.3, -0.25) is 0 Å². The van der Waals surface area contributed by atoms with Crippen molar-refractivity contribution in [1.29, 1.82) is 0 Å². The molecular weight excluding hydrogens is 168 g/mol. The summed E-state index contributed by atoms with van der Waals surface area (Å²) in [6.07, 6.45) is 3.78. The number of fused-ring (bicyclic) bond motifs is 1. The molecule has 0 unspecified atom stereocenters. The lowest BCUT2D eigenvalue weighted by Gasteiger charge is -2.20. The van der Waals surface area contributed by atoms with Gasteiger partial charge in [0.25, 0.3) is 0 Å². The molecule has 0 radical (unpaired) electrons. The first-order valence-electron chi connectivity index (χ1n) is 5.67. The minimum Gasteiger partial charge on any atom is -0.0613 e. The van der Waals surface area contributed by atoms with Gasteiger partial charge < -0.3 is 0 Å². The fourth-order valence-corrected chi connectivity index (χ4v) is 2.68. The van der Waals surface area contributed by atoms with Crippen molar-refractivity contribution < 1.29 is 0 Å². The average molecular weight is 188 g/mol. The number of benzene rings is 1. The number of rotatable bonds is 1. The topological polar surface area (TPSA) is 0 Å². The summed E-state index contributed by atoms with van der Waals surface area (Å²) in [5.41, 5.74) is 6.66. The Balaban J connectivity index is 2.62. The molecule has 0 nitrogen and oxygen atoms in total. The summed E-state index contributed by atoms with van der Waals surface area (Å²) in [6, 6.07) is 4.75. The van der Waals surface area contributed by atoms with Crippen LogP contribution in [0.1, 0.15) is 49.4 Å². The summed E-state index contributed by atoms with van der Waals surface area (Å²) in [5, 5.41) is 0. The second kappa shape index (κ2) is 3.12. The molecule has 76 valence electrons. The van der Waals surface area contributed by atoms with Gasteiger partial charge in [0.1, 0.15) is 0 Å². The van der Waals surface area contributed by atoms with Crippen LogP contribution in [0.3, 0.4) is 0 Å². The molecule has 1 aliphatic carbocycles. The van der Waals surface area contributed by atoms with Crippen LogP contribution >= 0.6 is 0 Å². The van der Waals surface area contributed by atoms with Gasteiger partial charge in [-0.25, -0.2) is 0 Å². The van der Waals surface area contributed by atoms with Crippen LogP contribution in [0.25, 0.3) is 0 Å². The van der Waals surface area contributed by atoms with E-state index in [4.69, 9.17) is 0 Å². The Kier molecular flexibility index (Phi) is 2.17. The van der Waals surface area contributed by atoms with E-state index in [2.05, 4.69) is 39.8 Å². The predicted octanol–water partition coefficient (Wildman–Crippen LogP) is 3.78. The maximum Gasteiger partial charge on any atom is -0.00975 e. The lowest BCUT2D eigenvalue weighted by atomic mass is 9.85. The third-order valence-electron chi connectivity index (χ3n) is 3.60. The molecular formula is C14H20. The van der Waals surface area contributed by atoms with Crippen molar-refractivity contribution in [3.8, 4) is 0 Å². The Bertz CT molecular complexity index is 359. The molecule has 0 N–H and O–H groups in total. The van der Waals surface area contributed by atoms with Gasteiger partial charge in [0.05, 0.1) is 0 Å². The number of aryl methyl sites for hydroxylation is 2. The van der Waals surface area contributed by atoms with E-state index in [9.17, 15) is 0 Å². The minimum absolute atomic E-state index is 0.408. The normalized spacial score (nSPS) is 18.3. The molecule has 1 aromatic rings. The Morgan fingerprint density at radius 2 is 2.00 bits per heavy atom. The van der Waals surface area contributed by atoms with Gasteiger partial charge in [0.2, 0.25) is 0 Å². The highest BCUT2D eigenvalue weighted by molar-refractivity contribution is 5.46. The monoisotopic (exact) mass is 188 g/mol. The largest absolute Gasteiger partial charge is 0.0613 e. The van der Waals surface area contributed by atoms with E-state index in [1.807, 2.05) is 0 Å². The smallest absolute Gasteiger partial charge is 0.00975 e. The zero-order valence-corrected chi connectivity index (χ0v) is 9.78. The molecule has 14 heavy (non-hydrogen) atoms. The maximum absolute atomic E-state index is 2.39. The number of hydrogen-bond acceptors (Lipinski definition) is 0. The van der Waals surface area contributed by atoms with E-state index < -0.39 is 0 Å². The molecule has 0 aliphatic heterocycles. The predicted molar refractivity (Wildman–Crippen MR) is 61.9 cm³/mol. The van der Waals surface area contributed by atoms with Crippen molar-refractivity contribution >= 4 is 0 Å². The van der Waals surface area contributed by atoms with Crippen molar-refractivity contribution in [3.63, 3.8) is 0 Å². The summed E-state index contributed by atoms with van der Waals surface area (Å²) in [6.45, 7) is 9.23. The zero-order valence-electron chi connectivity index (χ0n) is 9.78. The molecule has 0 heteroatoms. The molecule has 0 amide bonds. The van der Waals surface area contributed by atoms with Gasteiger partial charge in [-0.15, -0.1) is 0 Å². The average Bonchev–Trinajstić information content (AvgIpc) is 2.42. The standard InChI is InChI=1S/C14H20/c1-5-11-8-10(2)9-13-12(11)6-7-14(13,3)4/h8-9H,5-7H2,1-4H3. The highest BCUT2D eigenvalue weighted by Gasteiger charge is 2.30. The fourth-order valence-electron chi connectivity index (χ4n) is 2.68. The quantitative estimate of drug-likeness (QED) is 0.629. The molecule has 1 aliphatic rings. The molecule has 0 heterocycles. The van der Waals surface area contributed by atoms with Crippen LogP contribution in [0.2, 0.25) is 0 Å². The molecule has 0 saturated carbocycles. The van der Waals surface area contributed by atoms with E-state index >= 15 is 0 Å². The summed E-state index contributed by atoms with van der Waals surface area (Å²) < 4.78 is 0. The SMILES string of the molecule is CCc1cc(C)cc2c1CCC2(C)C. The molecule has 0 bridgehead atoms. The highest BCUT2D eigenvalue weighted by Crippen LogP contribution is 2.40. The summed E-state index contributed by atoms with van der Waals surface area (Å²) >= 11 is 0. The molecule has 0 saturated heterocycles. The molecule has 2 rings (SSSR count). The highest BCUT2D eigenvalue weighted by atomic mass is 14.3. The van der Waals surface area contributed by atoms with Crippen molar-refractivity contribution in [3.05, 3.63) is 34.4 Å². The fraction of sp³-hybridized carbons (Fsp3) is 0.571. The van der Waals surface area contributed by atoms with Crippen molar-refractivity contribution in [2.75, 3.05) is 0 Å². The molecule has 0 atom stereocenters. The van der Waals surface area contributed by atoms with Crippen LogP contribution in [0.15, 0.2) is 12.1 Å². The summed E-state index contributed by atoms with van der Waals surface area (Å²) in [4.78, 5) is 0. The van der Waals surface area contributed by atoms with E-state index in [0.717, 1.165) is 0 Å². The lowest BCUT2D eigenvalue weighted by Crippen LogP contribution is -2.12. The Morgan fingerprint density at radius 3 is 2.64 bits per heavy atom. The van der Waals surface area contributed by atoms with E-state index in [0.29, 0.717) is 5.41 Å². The maximum atomic E-state index is 2.39. The van der Waals surface area contributed by atoms with Crippen molar-refractivity contribution in [1.82, 2.24) is 0 Å². The van der Waals surface area contributed by atoms with Gasteiger partial charge in [0, 0.05) is 0 Å². The Labute approximate surface area is 87.3 Å². The van der Waals surface area contributed by atoms with Crippen LogP contribution < -0.4 is 0 Å². The first kappa shape index (κ1) is 9.76. The van der Waals surface area contributed by atoms with E-state index in [1.165, 1.54) is 24.8 Å². The van der Waals surface area contributed by atoms with Gasteiger partial charge in [-0.1, -0.05) is 38.5 Å². The van der Waals surface area contributed by atoms with Gasteiger partial charge in [-0.05, 0) is 48.3 Å². The van der Waals surface area contributed by atoms with Crippen LogP contribution in [0, 0.1) is 6.92 Å². The molecule has 0 fully saturated rings. The molecule has 0 spiro atoms. The first-order chi connectivity index (χ1) is 6.54. The summed E-state index contributed by atoms with van der Waals surface area (Å²) in [5.74, 6) is 0. The van der Waals surface area contributed by atoms with Gasteiger partial charge >= 0.3 is 0 Å². The second-order valence-corrected chi connectivity index (χ2v) is 5.19. The van der Waals surface area contributed by atoms with Crippen molar-refractivity contribution in [2.45, 2.75) is 52.4 Å². The molecule has 0 aromatic heterocycles. The van der Waals surface area contributed by atoms with Gasteiger partial charge in [-0.2, -0.15) is 0 Å². The second-order valence-electron chi connectivity index (χ2n) is 5.19. The minimum atomic E-state index is 0.408. The first-order valence-corrected chi connectivity index (χ1v) is 5.67. The Morgan fingerprint density at radius 1 is 1.29 bits per heavy atom. The van der Waals surface area contributed by atoms with Crippen molar-refractivity contribution in [2.24, 2.45) is 0 Å². The van der Waals surface area contributed by atoms with E-state index in [-0.39, 0.29) is 0 Å². The lowest BCUT2D eigenvalue weighted by molar-refractivity contribution is 0.522. The zero-order chi connectivity index (χ0) is 10.3. The number of hydrogen-bond donors (Lipinski definition) is 0. The third kappa shape index (κ3) is 1.37. The third-order valence-corrected chi connectivity index (χ3v) is 3.60. The Hall–Kier alpha value is -0.780. The van der Waals surface area contributed by atoms with Crippen LogP contribution in [-0.4, -0.2) is 0 Å². The van der Waals surface area contributed by atoms with Crippen LogP contribution in [-0.2, 0) is 18.3 Å². The summed E-state index contributed by atoms with van der Waals surface area (Å²) in [7, 11) is 0. The van der Waals surface area contributed by atoms with Crippen LogP contribution in [0.5, 0.6) is 0 Å². The van der Waals surface area contributed by atoms with E-state index in [1.54, 1.807) is 16.7 Å². The van der Waals surface area contributed by atoms with Gasteiger partial charge in [0.15, 0.2) is 0 Å².